The van der Waals surface area contributed by atoms with Gasteiger partial charge >= 0.3 is 0 Å². The van der Waals surface area contributed by atoms with Crippen molar-refractivity contribution in [1.82, 2.24) is 30.3 Å². The first-order valence-corrected chi connectivity index (χ1v) is 27.0. The predicted octanol–water partition coefficient (Wildman–Crippen LogP) is 8.27. The van der Waals surface area contributed by atoms with Crippen molar-refractivity contribution in [3.8, 4) is 22.3 Å². The highest BCUT2D eigenvalue weighted by molar-refractivity contribution is 7.13. The third kappa shape index (κ3) is 10.5. The number of hydrogen-bond acceptors (Lipinski definition) is 11. The van der Waals surface area contributed by atoms with E-state index in [1.807, 2.05) is 68.7 Å². The first-order chi connectivity index (χ1) is 35.3. The fraction of sp³-hybridized carbons (Fsp3) is 0.448. The van der Waals surface area contributed by atoms with Crippen molar-refractivity contribution in [2.75, 3.05) is 44.2 Å². The molecule has 2 saturated heterocycles. The molecule has 3 atom stereocenters. The summed E-state index contributed by atoms with van der Waals surface area (Å²) in [6.07, 6.45) is 0.914. The van der Waals surface area contributed by atoms with E-state index in [0.717, 1.165) is 78.5 Å². The summed E-state index contributed by atoms with van der Waals surface area (Å²) >= 11 is 7.88. The Labute approximate surface area is 443 Å². The Morgan fingerprint density at radius 2 is 1.70 bits per heavy atom. The number of hydrogen-bond donors (Lipinski definition) is 3. The molecule has 74 heavy (non-hydrogen) atoms. The number of halogens is 1. The molecule has 3 fully saturated rings. The zero-order chi connectivity index (χ0) is 52.6. The fourth-order valence-electron chi connectivity index (χ4n) is 12.1. The van der Waals surface area contributed by atoms with Crippen molar-refractivity contribution >= 4 is 52.3 Å². The van der Waals surface area contributed by atoms with Gasteiger partial charge in [-0.25, -0.2) is 4.98 Å². The maximum absolute atomic E-state index is 14.4. The van der Waals surface area contributed by atoms with Crippen LogP contribution >= 0.6 is 22.9 Å². The number of aliphatic hydroxyl groups excluding tert-OH is 1. The number of aromatic nitrogens is 1. The maximum Gasteiger partial charge on any atom is 0.255 e. The highest BCUT2D eigenvalue weighted by atomic mass is 35.5. The lowest BCUT2D eigenvalue weighted by Crippen LogP contribution is -2.74. The number of nitrogens with zero attached hydrogens (tertiary/aromatic N) is 6. The Morgan fingerprint density at radius 1 is 0.973 bits per heavy atom. The van der Waals surface area contributed by atoms with Gasteiger partial charge in [-0.3, -0.25) is 24.1 Å². The fourth-order valence-corrected chi connectivity index (χ4v) is 13.2. The number of nitrogens with one attached hydrogen (secondary N) is 2. The summed E-state index contributed by atoms with van der Waals surface area (Å²) < 4.78 is 6.41. The molecule has 16 heteroatoms. The molecule has 4 aliphatic rings. The van der Waals surface area contributed by atoms with Crippen LogP contribution in [-0.4, -0.2) is 118 Å². The van der Waals surface area contributed by atoms with Crippen LogP contribution in [-0.2, 0) is 29.1 Å². The molecule has 388 valence electrons. The molecule has 1 aliphatic carbocycles. The minimum absolute atomic E-state index is 0.0236. The van der Waals surface area contributed by atoms with E-state index < -0.39 is 18.2 Å². The number of likely N-dealkylation sites (tertiary alicyclic amines) is 1. The number of carbonyl (C=O) groups is 4. The number of β-amino-alcohol motifs (C(OH)–C–C–N with tert-alkyl or cyclic N) is 1. The number of aliphatic hydroxyl groups is 1. The molecule has 0 radical (unpaired) electrons. The van der Waals surface area contributed by atoms with Crippen LogP contribution in [0.4, 0.5) is 5.69 Å². The minimum Gasteiger partial charge on any atom is -0.489 e. The molecule has 5 aromatic rings. The van der Waals surface area contributed by atoms with E-state index in [1.165, 1.54) is 10.5 Å². The summed E-state index contributed by atoms with van der Waals surface area (Å²) in [5.74, 6) is -0.599. The summed E-state index contributed by atoms with van der Waals surface area (Å²) in [6.45, 7) is 19.1. The topological polar surface area (TPSA) is 171 Å². The summed E-state index contributed by atoms with van der Waals surface area (Å²) in [4.78, 5) is 69.2. The lowest BCUT2D eigenvalue weighted by atomic mass is 9.49. The standard InChI is InChI=1S/C58H67ClN8O6S/c1-35(2)49(67-32-42-12-8-9-13-45(42)53(67)71)54(72)66-33-43(68)28-48(66)52(70)61-31-41-19-18-39(50-36(3)62-34-74-50)27-47(41)65-25-23-64(24-26-65)22-10-11-37-14-16-38(17-15-37)51(69)63-55-57(4,5)56(58(55,6)7)73-44-21-20-40(30-60)46(59)29-44/h8-9,12-21,27,29,34-35,43,48-49,55-56,68H,10-11,22-26,28,31-33H2,1-7H3,(H,61,70)(H,63,69)/t43-,48+,49?,55?,56?/m1/s1. The van der Waals surface area contributed by atoms with Gasteiger partial charge in [-0.05, 0) is 90.9 Å². The first kappa shape index (κ1) is 52.5. The highest BCUT2D eigenvalue weighted by Crippen LogP contribution is 2.55. The number of amides is 4. The van der Waals surface area contributed by atoms with E-state index in [-0.39, 0.29) is 72.0 Å². The summed E-state index contributed by atoms with van der Waals surface area (Å²) in [5, 5.41) is 26.9. The van der Waals surface area contributed by atoms with Crippen LogP contribution in [0.3, 0.4) is 0 Å². The van der Waals surface area contributed by atoms with E-state index >= 15 is 0 Å². The Hall–Kier alpha value is -6.31. The Morgan fingerprint density at radius 3 is 2.36 bits per heavy atom. The number of nitriles is 1. The van der Waals surface area contributed by atoms with E-state index in [2.05, 4.69) is 77.4 Å². The molecular weight excluding hydrogens is 972 g/mol. The lowest BCUT2D eigenvalue weighted by Gasteiger charge is -2.63. The number of rotatable bonds is 16. The van der Waals surface area contributed by atoms with Gasteiger partial charge in [0, 0.05) is 92.0 Å². The van der Waals surface area contributed by atoms with Gasteiger partial charge in [-0.2, -0.15) is 5.26 Å². The van der Waals surface area contributed by atoms with Gasteiger partial charge in [0.15, 0.2) is 0 Å². The van der Waals surface area contributed by atoms with Crippen LogP contribution < -0.4 is 20.3 Å². The second-order valence-electron chi connectivity index (χ2n) is 21.9. The zero-order valence-electron chi connectivity index (χ0n) is 43.4. The van der Waals surface area contributed by atoms with E-state index in [1.54, 1.807) is 40.5 Å². The number of ether oxygens (including phenoxy) is 1. The lowest BCUT2D eigenvalue weighted by molar-refractivity contribution is -0.164. The highest BCUT2D eigenvalue weighted by Gasteiger charge is 2.64. The number of benzene rings is 4. The quantitative estimate of drug-likeness (QED) is 0.0874. The van der Waals surface area contributed by atoms with Crippen LogP contribution in [0.15, 0.2) is 90.4 Å². The molecule has 14 nitrogen and oxygen atoms in total. The van der Waals surface area contributed by atoms with E-state index in [4.69, 9.17) is 16.3 Å². The first-order valence-electron chi connectivity index (χ1n) is 25.8. The van der Waals surface area contributed by atoms with Gasteiger partial charge in [0.25, 0.3) is 11.8 Å². The maximum atomic E-state index is 14.4. The summed E-state index contributed by atoms with van der Waals surface area (Å²) in [6, 6.07) is 27.0. The number of fused-ring (bicyclic) bond motifs is 1. The van der Waals surface area contributed by atoms with Crippen molar-refractivity contribution < 1.29 is 29.0 Å². The predicted molar refractivity (Wildman–Crippen MR) is 288 cm³/mol. The van der Waals surface area contributed by atoms with Gasteiger partial charge < -0.3 is 35.2 Å². The van der Waals surface area contributed by atoms with Crippen molar-refractivity contribution in [2.45, 2.75) is 111 Å². The molecular formula is C58H67ClN8O6S. The van der Waals surface area contributed by atoms with Crippen molar-refractivity contribution in [3.05, 3.63) is 135 Å². The SMILES string of the molecule is Cc1ncsc1-c1ccc(CNC(=O)[C@@H]2C[C@@H](O)CN2C(=O)C(C(C)C)N2Cc3ccccc3C2=O)c(N2CCN(CCCc3ccc(C(=O)NC4C(C)(C)C(Oc5ccc(C#N)c(Cl)c5)C4(C)C)cc3)CC2)c1. The van der Waals surface area contributed by atoms with Crippen molar-refractivity contribution in [3.63, 3.8) is 0 Å². The number of piperazine rings is 1. The van der Waals surface area contributed by atoms with Crippen molar-refractivity contribution in [2.24, 2.45) is 16.7 Å². The molecule has 3 aliphatic heterocycles. The molecule has 1 aromatic heterocycles. The molecule has 9 rings (SSSR count). The average Bonchev–Trinajstić information content (AvgIpc) is 4.10. The van der Waals surface area contributed by atoms with Gasteiger partial charge in [-0.15, -0.1) is 11.3 Å². The van der Waals surface area contributed by atoms with E-state index in [0.29, 0.717) is 34.0 Å². The van der Waals surface area contributed by atoms with Crippen LogP contribution in [0.2, 0.25) is 5.02 Å². The van der Waals surface area contributed by atoms with Crippen LogP contribution in [0, 0.1) is 35.0 Å². The molecule has 4 aromatic carbocycles. The van der Waals surface area contributed by atoms with Crippen LogP contribution in [0.25, 0.3) is 10.4 Å². The molecule has 0 bridgehead atoms. The smallest absolute Gasteiger partial charge is 0.255 e. The van der Waals surface area contributed by atoms with Crippen molar-refractivity contribution in [1.29, 1.82) is 5.26 Å². The number of aryl methyl sites for hydroxylation is 2. The molecule has 4 heterocycles. The summed E-state index contributed by atoms with van der Waals surface area (Å²) in [7, 11) is 0. The third-order valence-corrected chi connectivity index (χ3v) is 17.1. The molecule has 3 N–H and O–H groups in total. The molecule has 1 unspecified atom stereocenters. The molecule has 4 amide bonds. The average molecular weight is 1040 g/mol. The monoisotopic (exact) mass is 1040 g/mol. The Balaban J connectivity index is 0.785. The van der Waals surface area contributed by atoms with Crippen LogP contribution in [0.1, 0.15) is 103 Å². The Bertz CT molecular complexity index is 2940. The van der Waals surface area contributed by atoms with Gasteiger partial charge in [0.1, 0.15) is 30.0 Å². The normalized spacial score (nSPS) is 21.5. The minimum atomic E-state index is -0.876. The number of anilines is 1. The van der Waals surface area contributed by atoms with Gasteiger partial charge in [0.2, 0.25) is 11.8 Å². The van der Waals surface area contributed by atoms with E-state index in [9.17, 15) is 29.5 Å². The second kappa shape index (κ2) is 21.5. The zero-order valence-corrected chi connectivity index (χ0v) is 44.9. The molecule has 0 spiro atoms. The Kier molecular flexibility index (Phi) is 15.3. The number of carbonyl (C=O) groups excluding carboxylic acids is 4. The summed E-state index contributed by atoms with van der Waals surface area (Å²) in [5.41, 5.74) is 8.79. The third-order valence-electron chi connectivity index (χ3n) is 15.8. The van der Waals surface area contributed by atoms with Gasteiger partial charge in [0.05, 0.1) is 32.8 Å². The second-order valence-corrected chi connectivity index (χ2v) is 23.2. The number of thiazole rings is 1. The van der Waals surface area contributed by atoms with Gasteiger partial charge in [-0.1, -0.05) is 95.6 Å². The molecule has 1 saturated carbocycles. The van der Waals surface area contributed by atoms with Crippen LogP contribution in [0.5, 0.6) is 5.75 Å². The largest absolute Gasteiger partial charge is 0.489 e.